The average molecular weight is 1130 g/mol. The summed E-state index contributed by atoms with van der Waals surface area (Å²) in [5.74, 6) is -0.615. The van der Waals surface area contributed by atoms with Crippen molar-refractivity contribution < 1.29 is 27.7 Å². The fourth-order valence-corrected chi connectivity index (χ4v) is 13.4. The Kier molecular flexibility index (Phi) is 13.8. The number of anilines is 6. The predicted octanol–water partition coefficient (Wildman–Crippen LogP) is 11.8. The molecular weight excluding hydrogens is 1070 g/mol. The summed E-state index contributed by atoms with van der Waals surface area (Å²) in [5.41, 5.74) is 15.5. The van der Waals surface area contributed by atoms with Crippen LogP contribution in [0.25, 0.3) is 50.7 Å². The fraction of sp³-hybridized carbons (Fsp3) is 0.355. The van der Waals surface area contributed by atoms with Gasteiger partial charge in [-0.15, -0.1) is 0 Å². The van der Waals surface area contributed by atoms with Gasteiger partial charge in [-0.3, -0.25) is 9.97 Å². The van der Waals surface area contributed by atoms with Gasteiger partial charge in [-0.1, -0.05) is 18.7 Å². The highest BCUT2D eigenvalue weighted by atomic mass is 79.9. The number of hydrogen-bond donors (Lipinski definition) is 0. The van der Waals surface area contributed by atoms with Gasteiger partial charge in [0.05, 0.1) is 111 Å². The van der Waals surface area contributed by atoms with E-state index in [1.54, 1.807) is 12.4 Å². The standard InChI is InChI=1S/C32H32FN5O2.C30H29BrFN5O2/c1-3-24-27(37-12-16-40-17-13-37)19-28-31(36-24)32(9-14-39-15-10-32)20-38(28)30-21(2)29(25-6-4-5-11-34-25)35-26-18-22(33)7-8-23(26)30;1-19-26(22-4-2-3-9-33-22)34-23-16-20(32)5-6-21(23)27(19)37-18-30(7-12-38-13-8-30)28-24(37)17-25(29(31)35-28)36-10-14-39-15-11-36/h3-8,11,18-19H,1,9-10,12-17,20H2,2H3;2-6,9,16-17H,7-8,10-15,18H2,1H3. The van der Waals surface area contributed by atoms with Gasteiger partial charge in [-0.25, -0.2) is 28.7 Å². The number of halogens is 3. The molecule has 404 valence electrons. The van der Waals surface area contributed by atoms with Gasteiger partial charge < -0.3 is 38.5 Å². The van der Waals surface area contributed by atoms with Crippen LogP contribution in [-0.2, 0) is 29.8 Å². The van der Waals surface area contributed by atoms with E-state index in [-0.39, 0.29) is 22.5 Å². The van der Waals surface area contributed by atoms with E-state index in [4.69, 9.17) is 38.9 Å². The zero-order chi connectivity index (χ0) is 53.8. The molecule has 8 aromatic rings. The van der Waals surface area contributed by atoms with Crippen molar-refractivity contribution in [1.82, 2.24) is 29.9 Å². The number of ether oxygens (including phenoxy) is 4. The summed E-state index contributed by atoms with van der Waals surface area (Å²) in [4.78, 5) is 39.0. The summed E-state index contributed by atoms with van der Waals surface area (Å²) in [6, 6.07) is 25.9. The van der Waals surface area contributed by atoms with Crippen LogP contribution in [0.15, 0.2) is 109 Å². The quantitative estimate of drug-likeness (QED) is 0.140. The molecule has 0 radical (unpaired) electrons. The van der Waals surface area contributed by atoms with Gasteiger partial charge in [0, 0.05) is 123 Å². The van der Waals surface area contributed by atoms with Gasteiger partial charge in [-0.05, 0) is 122 Å². The van der Waals surface area contributed by atoms with E-state index in [0.29, 0.717) is 63.9 Å². The number of pyridine rings is 6. The minimum atomic E-state index is -0.309. The Bertz CT molecular complexity index is 3630. The third-order valence-corrected chi connectivity index (χ3v) is 17.5. The number of rotatable bonds is 7. The van der Waals surface area contributed by atoms with Gasteiger partial charge in [0.2, 0.25) is 0 Å². The lowest BCUT2D eigenvalue weighted by Gasteiger charge is -2.34. The van der Waals surface area contributed by atoms with Crippen LogP contribution in [0.2, 0.25) is 0 Å². The van der Waals surface area contributed by atoms with E-state index >= 15 is 0 Å². The second-order valence-electron chi connectivity index (χ2n) is 21.4. The normalized spacial score (nSPS) is 18.5. The number of fused-ring (bicyclic) bond motifs is 6. The molecule has 2 spiro atoms. The lowest BCUT2D eigenvalue weighted by Crippen LogP contribution is -2.38. The molecular formula is C62H61BrF2N10O4. The Morgan fingerprint density at radius 3 is 1.43 bits per heavy atom. The van der Waals surface area contributed by atoms with Crippen molar-refractivity contribution in [3.63, 3.8) is 0 Å². The average Bonchev–Trinajstić information content (AvgIpc) is 4.13. The number of benzene rings is 2. The van der Waals surface area contributed by atoms with E-state index in [2.05, 4.69) is 78.1 Å². The van der Waals surface area contributed by atoms with Crippen molar-refractivity contribution in [1.29, 1.82) is 0 Å². The SMILES string of the molecule is C=Cc1nc2c(cc1N1CCOCC1)N(c1c(C)c(-c3ccccn3)nc3cc(F)ccc13)CC21CCOCC1.Cc1c(-c2ccccn2)nc2cc(F)ccc2c1N1CC2(CCOCC2)c2nc(Br)c(N3CCOCC3)cc21. The lowest BCUT2D eigenvalue weighted by atomic mass is 9.78. The van der Waals surface area contributed by atoms with Crippen molar-refractivity contribution in [2.24, 2.45) is 0 Å². The third-order valence-electron chi connectivity index (χ3n) is 16.9. The highest BCUT2D eigenvalue weighted by Gasteiger charge is 2.49. The zero-order valence-corrected chi connectivity index (χ0v) is 46.1. The van der Waals surface area contributed by atoms with Crippen LogP contribution in [0.4, 0.5) is 42.9 Å². The molecule has 0 bridgehead atoms. The first kappa shape index (κ1) is 51.4. The second-order valence-corrected chi connectivity index (χ2v) is 22.2. The first-order valence-corrected chi connectivity index (χ1v) is 28.2. The van der Waals surface area contributed by atoms with Crippen LogP contribution in [0.1, 0.15) is 53.9 Å². The summed E-state index contributed by atoms with van der Waals surface area (Å²) < 4.78 is 52.8. The monoisotopic (exact) mass is 1130 g/mol. The molecule has 6 aliphatic rings. The number of morpholine rings is 2. The predicted molar refractivity (Wildman–Crippen MR) is 309 cm³/mol. The maximum Gasteiger partial charge on any atom is 0.129 e. The Balaban J connectivity index is 0.000000150. The third kappa shape index (κ3) is 9.26. The molecule has 0 atom stereocenters. The smallest absolute Gasteiger partial charge is 0.129 e. The van der Waals surface area contributed by atoms with E-state index in [9.17, 15) is 8.78 Å². The second kappa shape index (κ2) is 21.2. The molecule has 4 fully saturated rings. The lowest BCUT2D eigenvalue weighted by molar-refractivity contribution is 0.0544. The van der Waals surface area contributed by atoms with Gasteiger partial charge in [0.1, 0.15) is 16.2 Å². The zero-order valence-electron chi connectivity index (χ0n) is 44.5. The Hall–Kier alpha value is -7.02. The molecule has 2 aromatic carbocycles. The van der Waals surface area contributed by atoms with Crippen LogP contribution in [0, 0.1) is 25.5 Å². The van der Waals surface area contributed by atoms with Crippen molar-refractivity contribution in [2.45, 2.75) is 50.4 Å². The Morgan fingerprint density at radius 1 is 0.532 bits per heavy atom. The number of hydrogen-bond acceptors (Lipinski definition) is 14. The molecule has 79 heavy (non-hydrogen) atoms. The molecule has 6 aliphatic heterocycles. The van der Waals surface area contributed by atoms with Crippen LogP contribution >= 0.6 is 15.9 Å². The molecule has 0 N–H and O–H groups in total. The van der Waals surface area contributed by atoms with Crippen LogP contribution < -0.4 is 19.6 Å². The van der Waals surface area contributed by atoms with Crippen molar-refractivity contribution in [3.8, 4) is 22.8 Å². The maximum absolute atomic E-state index is 14.5. The maximum atomic E-state index is 14.5. The number of aromatic nitrogens is 6. The summed E-state index contributed by atoms with van der Waals surface area (Å²) in [6.45, 7) is 18.7. The molecule has 0 amide bonds. The van der Waals surface area contributed by atoms with Crippen molar-refractivity contribution in [3.05, 3.63) is 148 Å². The van der Waals surface area contributed by atoms with Crippen LogP contribution in [0.5, 0.6) is 0 Å². The van der Waals surface area contributed by atoms with Crippen molar-refractivity contribution in [2.75, 3.05) is 112 Å². The summed E-state index contributed by atoms with van der Waals surface area (Å²) in [6.07, 6.45) is 8.98. The topological polar surface area (TPSA) is 127 Å². The van der Waals surface area contributed by atoms with Crippen molar-refractivity contribution >= 4 is 77.9 Å². The molecule has 0 aliphatic carbocycles. The van der Waals surface area contributed by atoms with Gasteiger partial charge >= 0.3 is 0 Å². The molecule has 12 heterocycles. The van der Waals surface area contributed by atoms with E-state index in [0.717, 1.165) is 165 Å². The molecule has 14 nitrogen and oxygen atoms in total. The minimum absolute atomic E-state index is 0.132. The Labute approximate surface area is 466 Å². The van der Waals surface area contributed by atoms with E-state index in [1.807, 2.05) is 54.6 Å². The molecule has 14 rings (SSSR count). The van der Waals surface area contributed by atoms with E-state index in [1.165, 1.54) is 24.3 Å². The van der Waals surface area contributed by atoms with Gasteiger partial charge in [-0.2, -0.15) is 0 Å². The first-order chi connectivity index (χ1) is 38.6. The van der Waals surface area contributed by atoms with Crippen LogP contribution in [0.3, 0.4) is 0 Å². The van der Waals surface area contributed by atoms with Gasteiger partial charge in [0.15, 0.2) is 0 Å². The summed E-state index contributed by atoms with van der Waals surface area (Å²) in [5, 5.41) is 1.83. The molecule has 17 heteroatoms. The van der Waals surface area contributed by atoms with E-state index < -0.39 is 0 Å². The molecule has 0 unspecified atom stereocenters. The molecule has 0 saturated carbocycles. The molecule has 6 aromatic heterocycles. The summed E-state index contributed by atoms with van der Waals surface area (Å²) >= 11 is 3.81. The largest absolute Gasteiger partial charge is 0.381 e. The summed E-state index contributed by atoms with van der Waals surface area (Å²) in [7, 11) is 0. The highest BCUT2D eigenvalue weighted by molar-refractivity contribution is 9.10. The fourth-order valence-electron chi connectivity index (χ4n) is 12.9. The number of nitrogens with zero attached hydrogens (tertiary/aromatic N) is 10. The highest BCUT2D eigenvalue weighted by Crippen LogP contribution is 2.55. The molecule has 4 saturated heterocycles. The van der Waals surface area contributed by atoms with Crippen LogP contribution in [-0.4, -0.2) is 122 Å². The minimum Gasteiger partial charge on any atom is -0.381 e. The Morgan fingerprint density at radius 2 is 0.975 bits per heavy atom. The first-order valence-electron chi connectivity index (χ1n) is 27.4. The van der Waals surface area contributed by atoms with Gasteiger partial charge in [0.25, 0.3) is 0 Å².